The second kappa shape index (κ2) is 8.51. The van der Waals surface area contributed by atoms with Crippen molar-refractivity contribution in [2.75, 3.05) is 0 Å². The van der Waals surface area contributed by atoms with Crippen LogP contribution in [-0.2, 0) is 6.42 Å². The Bertz CT molecular complexity index is 671. The van der Waals surface area contributed by atoms with Gasteiger partial charge in [-0.15, -0.1) is 0 Å². The molecule has 0 bridgehead atoms. The second-order valence-corrected chi connectivity index (χ2v) is 7.55. The Labute approximate surface area is 148 Å². The predicted molar refractivity (Wildman–Crippen MR) is 107 cm³/mol. The minimum absolute atomic E-state index is 0.789. The third-order valence-corrected chi connectivity index (χ3v) is 5.78. The van der Waals surface area contributed by atoms with E-state index in [-0.39, 0.29) is 0 Å². The van der Waals surface area contributed by atoms with Crippen LogP contribution in [0.5, 0.6) is 0 Å². The zero-order chi connectivity index (χ0) is 16.8. The first-order valence-electron chi connectivity index (χ1n) is 9.94. The van der Waals surface area contributed by atoms with Crippen LogP contribution in [0.25, 0.3) is 10.8 Å². The molecule has 0 aromatic heterocycles. The summed E-state index contributed by atoms with van der Waals surface area (Å²) >= 11 is 0. The van der Waals surface area contributed by atoms with Gasteiger partial charge in [0.2, 0.25) is 0 Å². The van der Waals surface area contributed by atoms with Gasteiger partial charge in [0.05, 0.1) is 0 Å². The Balaban J connectivity index is 1.69. The molecule has 0 spiro atoms. The Kier molecular flexibility index (Phi) is 6.12. The molecular formula is C24H32. The van der Waals surface area contributed by atoms with Crippen molar-refractivity contribution < 1.29 is 0 Å². The van der Waals surface area contributed by atoms with E-state index in [4.69, 9.17) is 0 Å². The smallest absolute Gasteiger partial charge is 0.0162 e. The van der Waals surface area contributed by atoms with E-state index in [2.05, 4.69) is 62.4 Å². The van der Waals surface area contributed by atoms with Crippen LogP contribution in [0.1, 0.15) is 75.8 Å². The average Bonchev–Trinajstić information content (AvgIpc) is 2.62. The van der Waals surface area contributed by atoms with E-state index in [1.54, 1.807) is 5.56 Å². The summed E-state index contributed by atoms with van der Waals surface area (Å²) in [4.78, 5) is 0. The minimum atomic E-state index is 0.789. The molecule has 0 radical (unpaired) electrons. The quantitative estimate of drug-likeness (QED) is 0.486. The molecule has 2 aromatic rings. The van der Waals surface area contributed by atoms with Gasteiger partial charge in [-0.2, -0.15) is 0 Å². The maximum atomic E-state index is 2.45. The van der Waals surface area contributed by atoms with Gasteiger partial charge < -0.3 is 0 Å². The third-order valence-electron chi connectivity index (χ3n) is 5.78. The molecule has 128 valence electrons. The van der Waals surface area contributed by atoms with Gasteiger partial charge in [-0.25, -0.2) is 0 Å². The molecular weight excluding hydrogens is 288 g/mol. The van der Waals surface area contributed by atoms with Gasteiger partial charge in [0, 0.05) is 0 Å². The van der Waals surface area contributed by atoms with E-state index in [9.17, 15) is 0 Å². The van der Waals surface area contributed by atoms with Gasteiger partial charge in [-0.1, -0.05) is 68.3 Å². The average molecular weight is 321 g/mol. The fraction of sp³-hybridized carbons (Fsp3) is 0.500. The zero-order valence-electron chi connectivity index (χ0n) is 15.4. The molecule has 1 aliphatic carbocycles. The largest absolute Gasteiger partial charge is 0.0917 e. The summed E-state index contributed by atoms with van der Waals surface area (Å²) in [5, 5.41) is 2.81. The highest BCUT2D eigenvalue weighted by Gasteiger charge is 2.21. The first kappa shape index (κ1) is 17.3. The van der Waals surface area contributed by atoms with Crippen molar-refractivity contribution in [1.29, 1.82) is 0 Å². The van der Waals surface area contributed by atoms with Crippen molar-refractivity contribution >= 4 is 10.8 Å². The third kappa shape index (κ3) is 4.29. The first-order valence-corrected chi connectivity index (χ1v) is 9.94. The van der Waals surface area contributed by atoms with E-state index in [1.807, 2.05) is 0 Å². The van der Waals surface area contributed by atoms with Crippen molar-refractivity contribution in [1.82, 2.24) is 0 Å². The molecule has 2 aromatic carbocycles. The molecule has 1 fully saturated rings. The summed E-state index contributed by atoms with van der Waals surface area (Å²) in [6.07, 6.45) is 15.1. The number of hydrogen-bond acceptors (Lipinski definition) is 0. The molecule has 0 unspecified atom stereocenters. The molecule has 0 atom stereocenters. The van der Waals surface area contributed by atoms with Crippen molar-refractivity contribution in [3.63, 3.8) is 0 Å². The topological polar surface area (TPSA) is 0 Å². The normalized spacial score (nSPS) is 21.6. The van der Waals surface area contributed by atoms with Crippen LogP contribution >= 0.6 is 0 Å². The maximum absolute atomic E-state index is 2.45. The molecule has 24 heavy (non-hydrogen) atoms. The van der Waals surface area contributed by atoms with Crippen molar-refractivity contribution in [2.24, 2.45) is 5.92 Å². The molecule has 0 nitrogen and oxygen atoms in total. The van der Waals surface area contributed by atoms with Crippen LogP contribution in [-0.4, -0.2) is 0 Å². The lowest BCUT2D eigenvalue weighted by molar-refractivity contribution is 0.308. The Morgan fingerprint density at radius 1 is 0.958 bits per heavy atom. The molecule has 0 heteroatoms. The number of aryl methyl sites for hydroxylation is 1. The summed E-state index contributed by atoms with van der Waals surface area (Å²) in [7, 11) is 0. The highest BCUT2D eigenvalue weighted by molar-refractivity contribution is 5.84. The van der Waals surface area contributed by atoms with Gasteiger partial charge in [-0.3, -0.25) is 0 Å². The van der Waals surface area contributed by atoms with Crippen LogP contribution in [0.15, 0.2) is 48.6 Å². The highest BCUT2D eigenvalue weighted by Crippen LogP contribution is 2.38. The summed E-state index contributed by atoms with van der Waals surface area (Å²) in [6.45, 7) is 4.42. The SMILES string of the molecule is C/C=C/CCc1ccc2cc(C3CCC(CCC)CC3)ccc2c1. The number of benzene rings is 2. The minimum Gasteiger partial charge on any atom is -0.0917 e. The second-order valence-electron chi connectivity index (χ2n) is 7.55. The molecule has 0 heterocycles. The van der Waals surface area contributed by atoms with Crippen molar-refractivity contribution in [3.05, 3.63) is 59.7 Å². The standard InChI is InChI=1S/C24H32/c1-3-5-6-8-20-11-14-24-18-23(16-15-22(24)17-20)21-12-9-19(7-4-2)10-13-21/h3,5,11,14-19,21H,4,6-10,12-13H2,1-2H3/b5-3+. The van der Waals surface area contributed by atoms with E-state index in [1.165, 1.54) is 54.9 Å². The number of allylic oxidation sites excluding steroid dienone is 2. The summed E-state index contributed by atoms with van der Waals surface area (Å²) in [5.74, 6) is 1.78. The molecule has 1 aliphatic rings. The summed E-state index contributed by atoms with van der Waals surface area (Å²) in [5.41, 5.74) is 3.02. The summed E-state index contributed by atoms with van der Waals surface area (Å²) in [6, 6.07) is 14.2. The van der Waals surface area contributed by atoms with Crippen LogP contribution in [0.3, 0.4) is 0 Å². The van der Waals surface area contributed by atoms with Gasteiger partial charge in [0.25, 0.3) is 0 Å². The molecule has 0 saturated heterocycles. The van der Waals surface area contributed by atoms with E-state index < -0.39 is 0 Å². The summed E-state index contributed by atoms with van der Waals surface area (Å²) < 4.78 is 0. The molecule has 0 aliphatic heterocycles. The van der Waals surface area contributed by atoms with Crippen molar-refractivity contribution in [2.45, 2.75) is 71.1 Å². The van der Waals surface area contributed by atoms with Crippen molar-refractivity contribution in [3.8, 4) is 0 Å². The monoisotopic (exact) mass is 320 g/mol. The van der Waals surface area contributed by atoms with Crippen LogP contribution in [0, 0.1) is 5.92 Å². The molecule has 1 saturated carbocycles. The molecule has 0 N–H and O–H groups in total. The Morgan fingerprint density at radius 3 is 2.46 bits per heavy atom. The first-order chi connectivity index (χ1) is 11.8. The number of fused-ring (bicyclic) bond motifs is 1. The van der Waals surface area contributed by atoms with Crippen LogP contribution in [0.2, 0.25) is 0 Å². The lowest BCUT2D eigenvalue weighted by Gasteiger charge is -2.28. The molecule has 0 amide bonds. The van der Waals surface area contributed by atoms with E-state index in [0.717, 1.165) is 24.7 Å². The number of rotatable bonds is 6. The predicted octanol–water partition coefficient (Wildman–Crippen LogP) is 7.42. The number of hydrogen-bond donors (Lipinski definition) is 0. The van der Waals surface area contributed by atoms with Gasteiger partial charge in [-0.05, 0) is 79.2 Å². The zero-order valence-corrected chi connectivity index (χ0v) is 15.4. The Hall–Kier alpha value is -1.56. The fourth-order valence-corrected chi connectivity index (χ4v) is 4.33. The van der Waals surface area contributed by atoms with E-state index in [0.29, 0.717) is 0 Å². The lowest BCUT2D eigenvalue weighted by Crippen LogP contribution is -2.13. The van der Waals surface area contributed by atoms with E-state index >= 15 is 0 Å². The maximum Gasteiger partial charge on any atom is -0.0162 e. The van der Waals surface area contributed by atoms with Gasteiger partial charge in [0.1, 0.15) is 0 Å². The fourth-order valence-electron chi connectivity index (χ4n) is 4.33. The molecule has 3 rings (SSSR count). The Morgan fingerprint density at radius 2 is 1.71 bits per heavy atom. The highest BCUT2D eigenvalue weighted by atomic mass is 14.3. The van der Waals surface area contributed by atoms with Crippen LogP contribution in [0.4, 0.5) is 0 Å². The van der Waals surface area contributed by atoms with Gasteiger partial charge in [0.15, 0.2) is 0 Å². The lowest BCUT2D eigenvalue weighted by atomic mass is 9.77. The van der Waals surface area contributed by atoms with Crippen LogP contribution < -0.4 is 0 Å². The van der Waals surface area contributed by atoms with Gasteiger partial charge >= 0.3 is 0 Å².